The topological polar surface area (TPSA) is 66.6 Å². The molecule has 0 unspecified atom stereocenters. The molecule has 0 radical (unpaired) electrons. The summed E-state index contributed by atoms with van der Waals surface area (Å²) in [6.45, 7) is 0.385. The minimum absolute atomic E-state index is 0.357. The minimum atomic E-state index is -4.88. The van der Waals surface area contributed by atoms with Crippen molar-refractivity contribution in [1.82, 2.24) is 4.98 Å². The Labute approximate surface area is 116 Å². The monoisotopic (exact) mass is 298 g/mol. The highest BCUT2D eigenvalue weighted by molar-refractivity contribution is 5.86. The molecule has 0 atom stereocenters. The number of fused-ring (bicyclic) bond motifs is 1. The molecular formula is C13H9F3N2O3. The lowest BCUT2D eigenvalue weighted by Crippen LogP contribution is -2.14. The van der Waals surface area contributed by atoms with E-state index in [1.54, 1.807) is 12.1 Å². The van der Waals surface area contributed by atoms with E-state index in [1.807, 2.05) is 12.1 Å². The summed E-state index contributed by atoms with van der Waals surface area (Å²) >= 11 is 0. The van der Waals surface area contributed by atoms with Gasteiger partial charge < -0.3 is 9.52 Å². The summed E-state index contributed by atoms with van der Waals surface area (Å²) in [5.74, 6) is -2.99. The number of nitrogens with zero attached hydrogens (tertiary/aromatic N) is 2. The van der Waals surface area contributed by atoms with Crippen molar-refractivity contribution in [2.75, 3.05) is 11.4 Å². The zero-order chi connectivity index (χ0) is 15.2. The van der Waals surface area contributed by atoms with Crippen molar-refractivity contribution < 1.29 is 27.5 Å². The number of carbonyl (C=O) groups is 1. The van der Waals surface area contributed by atoms with E-state index in [2.05, 4.69) is 4.98 Å². The number of hydrogen-bond donors (Lipinski definition) is 1. The van der Waals surface area contributed by atoms with Crippen molar-refractivity contribution in [1.29, 1.82) is 0 Å². The van der Waals surface area contributed by atoms with Crippen LogP contribution in [0, 0.1) is 0 Å². The fourth-order valence-electron chi connectivity index (χ4n) is 2.30. The Kier molecular flexibility index (Phi) is 2.89. The maximum absolute atomic E-state index is 12.8. The summed E-state index contributed by atoms with van der Waals surface area (Å²) < 4.78 is 43.2. The lowest BCUT2D eigenvalue weighted by atomic mass is 10.2. The number of alkyl halides is 3. The van der Waals surface area contributed by atoms with Crippen molar-refractivity contribution in [3.63, 3.8) is 0 Å². The molecule has 1 N–H and O–H groups in total. The highest BCUT2D eigenvalue weighted by Crippen LogP contribution is 2.38. The number of benzene rings is 1. The number of halogens is 3. The van der Waals surface area contributed by atoms with Gasteiger partial charge in [-0.3, -0.25) is 4.90 Å². The molecule has 8 heteroatoms. The van der Waals surface area contributed by atoms with Gasteiger partial charge in [-0.25, -0.2) is 4.79 Å². The van der Waals surface area contributed by atoms with E-state index in [-0.39, 0.29) is 6.01 Å². The second kappa shape index (κ2) is 4.51. The summed E-state index contributed by atoms with van der Waals surface area (Å²) in [6.07, 6.45) is -4.25. The quantitative estimate of drug-likeness (QED) is 0.923. The Bertz CT molecular complexity index is 709. The first-order chi connectivity index (χ1) is 9.88. The molecule has 1 aliphatic rings. The van der Waals surface area contributed by atoms with Crippen LogP contribution in [0.4, 0.5) is 24.9 Å². The van der Waals surface area contributed by atoms with Gasteiger partial charge in [0.25, 0.3) is 0 Å². The third-order valence-electron chi connectivity index (χ3n) is 3.20. The van der Waals surface area contributed by atoms with Crippen molar-refractivity contribution >= 4 is 17.7 Å². The molecule has 0 fully saturated rings. The van der Waals surface area contributed by atoms with Gasteiger partial charge in [0, 0.05) is 12.2 Å². The molecule has 0 saturated heterocycles. The standard InChI is InChI=1S/C13H9F3N2O3/c14-13(15,16)10-9(11(19)20)21-12(17-10)18-6-5-7-3-1-2-4-8(7)18/h1-4H,5-6H2,(H,19,20). The maximum atomic E-state index is 12.8. The number of hydrogen-bond acceptors (Lipinski definition) is 4. The number of aromatic nitrogens is 1. The van der Waals surface area contributed by atoms with Gasteiger partial charge in [0.1, 0.15) is 0 Å². The van der Waals surface area contributed by atoms with Crippen LogP contribution in [-0.4, -0.2) is 22.6 Å². The van der Waals surface area contributed by atoms with Gasteiger partial charge >= 0.3 is 18.2 Å². The van der Waals surface area contributed by atoms with Crippen molar-refractivity contribution in [3.8, 4) is 0 Å². The molecular weight excluding hydrogens is 289 g/mol. The summed E-state index contributed by atoms with van der Waals surface area (Å²) in [5, 5.41) is 8.83. The van der Waals surface area contributed by atoms with E-state index in [1.165, 1.54) is 4.90 Å². The number of carboxylic acids is 1. The van der Waals surface area contributed by atoms with Crippen LogP contribution in [0.25, 0.3) is 0 Å². The van der Waals surface area contributed by atoms with Crippen LogP contribution < -0.4 is 4.90 Å². The summed E-state index contributed by atoms with van der Waals surface area (Å²) in [6, 6.07) is 6.77. The van der Waals surface area contributed by atoms with Crippen LogP contribution in [0.3, 0.4) is 0 Å². The molecule has 1 aliphatic heterocycles. The van der Waals surface area contributed by atoms with E-state index in [4.69, 9.17) is 9.52 Å². The maximum Gasteiger partial charge on any atom is 0.437 e. The number of oxazole rings is 1. The molecule has 1 aromatic heterocycles. The Morgan fingerprint density at radius 2 is 2.05 bits per heavy atom. The molecule has 0 saturated carbocycles. The van der Waals surface area contributed by atoms with Crippen LogP contribution in [0.1, 0.15) is 21.8 Å². The van der Waals surface area contributed by atoms with Gasteiger partial charge in [-0.15, -0.1) is 0 Å². The van der Waals surface area contributed by atoms with Gasteiger partial charge in [0.15, 0.2) is 5.69 Å². The fourth-order valence-corrected chi connectivity index (χ4v) is 2.30. The third-order valence-corrected chi connectivity index (χ3v) is 3.20. The minimum Gasteiger partial charge on any atom is -0.475 e. The number of aromatic carboxylic acids is 1. The molecule has 2 heterocycles. The molecule has 2 aromatic rings. The zero-order valence-electron chi connectivity index (χ0n) is 10.5. The highest BCUT2D eigenvalue weighted by atomic mass is 19.4. The lowest BCUT2D eigenvalue weighted by Gasteiger charge is -2.13. The Morgan fingerprint density at radius 3 is 2.67 bits per heavy atom. The average Bonchev–Trinajstić information content (AvgIpc) is 3.01. The van der Waals surface area contributed by atoms with Gasteiger partial charge in [-0.2, -0.15) is 18.2 Å². The molecule has 3 rings (SSSR count). The molecule has 0 bridgehead atoms. The first-order valence-electron chi connectivity index (χ1n) is 6.04. The van der Waals surface area contributed by atoms with Gasteiger partial charge in [-0.1, -0.05) is 18.2 Å². The second-order valence-corrected chi connectivity index (χ2v) is 4.51. The summed E-state index contributed by atoms with van der Waals surface area (Å²) in [4.78, 5) is 15.7. The SMILES string of the molecule is O=C(O)c1oc(N2CCc3ccccc32)nc1C(F)(F)F. The number of anilines is 2. The Morgan fingerprint density at radius 1 is 1.33 bits per heavy atom. The van der Waals surface area contributed by atoms with Crippen LogP contribution in [-0.2, 0) is 12.6 Å². The molecule has 0 spiro atoms. The third kappa shape index (κ3) is 2.22. The second-order valence-electron chi connectivity index (χ2n) is 4.51. The smallest absolute Gasteiger partial charge is 0.437 e. The summed E-state index contributed by atoms with van der Waals surface area (Å²) in [7, 11) is 0. The number of para-hydroxylation sites is 1. The number of rotatable bonds is 2. The van der Waals surface area contributed by atoms with E-state index in [0.29, 0.717) is 18.7 Å². The van der Waals surface area contributed by atoms with Crippen LogP contribution >= 0.6 is 0 Å². The zero-order valence-corrected chi connectivity index (χ0v) is 10.5. The first-order valence-corrected chi connectivity index (χ1v) is 6.04. The predicted molar refractivity (Wildman–Crippen MR) is 65.6 cm³/mol. The lowest BCUT2D eigenvalue weighted by molar-refractivity contribution is -0.141. The predicted octanol–water partition coefficient (Wildman–Crippen LogP) is 3.09. The van der Waals surface area contributed by atoms with Crippen LogP contribution in [0.15, 0.2) is 28.7 Å². The van der Waals surface area contributed by atoms with E-state index >= 15 is 0 Å². The highest BCUT2D eigenvalue weighted by Gasteiger charge is 2.42. The Balaban J connectivity index is 2.07. The summed E-state index contributed by atoms with van der Waals surface area (Å²) in [5.41, 5.74) is 0.0972. The normalized spacial score (nSPS) is 14.3. The molecule has 5 nitrogen and oxygen atoms in total. The van der Waals surface area contributed by atoms with E-state index < -0.39 is 23.6 Å². The van der Waals surface area contributed by atoms with Crippen molar-refractivity contribution in [3.05, 3.63) is 41.3 Å². The molecule has 21 heavy (non-hydrogen) atoms. The van der Waals surface area contributed by atoms with Crippen molar-refractivity contribution in [2.24, 2.45) is 0 Å². The largest absolute Gasteiger partial charge is 0.475 e. The van der Waals surface area contributed by atoms with E-state index in [9.17, 15) is 18.0 Å². The number of carboxylic acid groups (broad SMARTS) is 1. The van der Waals surface area contributed by atoms with Crippen molar-refractivity contribution in [2.45, 2.75) is 12.6 Å². The first kappa shape index (κ1) is 13.5. The Hall–Kier alpha value is -2.51. The van der Waals surface area contributed by atoms with Gasteiger partial charge in [-0.05, 0) is 18.1 Å². The molecule has 1 aromatic carbocycles. The van der Waals surface area contributed by atoms with Crippen LogP contribution in [0.2, 0.25) is 0 Å². The van der Waals surface area contributed by atoms with E-state index in [0.717, 1.165) is 5.56 Å². The van der Waals surface area contributed by atoms with Gasteiger partial charge in [0.05, 0.1) is 0 Å². The molecule has 0 amide bonds. The molecule has 0 aliphatic carbocycles. The van der Waals surface area contributed by atoms with Gasteiger partial charge in [0.2, 0.25) is 5.76 Å². The molecule has 110 valence electrons. The van der Waals surface area contributed by atoms with Crippen LogP contribution in [0.5, 0.6) is 0 Å². The fraction of sp³-hybridized carbons (Fsp3) is 0.231. The average molecular weight is 298 g/mol.